The summed E-state index contributed by atoms with van der Waals surface area (Å²) in [6, 6.07) is 10.1. The van der Waals surface area contributed by atoms with Gasteiger partial charge in [0.15, 0.2) is 0 Å². The molecule has 2 aromatic rings. The molecule has 0 bridgehead atoms. The predicted molar refractivity (Wildman–Crippen MR) is 123 cm³/mol. The summed E-state index contributed by atoms with van der Waals surface area (Å²) < 4.78 is 5.92. The number of piperidine rings is 1. The number of rotatable bonds is 5. The molecule has 1 aromatic carbocycles. The van der Waals surface area contributed by atoms with Crippen molar-refractivity contribution < 1.29 is 9.21 Å². The van der Waals surface area contributed by atoms with Gasteiger partial charge in [-0.1, -0.05) is 49.6 Å². The zero-order valence-electron chi connectivity index (χ0n) is 19.3. The predicted octanol–water partition coefficient (Wildman–Crippen LogP) is 4.21. The van der Waals surface area contributed by atoms with Crippen LogP contribution >= 0.6 is 0 Å². The average Bonchev–Trinajstić information content (AvgIpc) is 3.41. The number of aryl methyl sites for hydroxylation is 1. The maximum Gasteiger partial charge on any atom is 0.227 e. The van der Waals surface area contributed by atoms with Crippen LogP contribution in [0.3, 0.4) is 0 Å². The van der Waals surface area contributed by atoms with Crippen molar-refractivity contribution in [1.29, 1.82) is 0 Å². The molecule has 0 N–H and O–H groups in total. The number of aromatic nitrogens is 2. The van der Waals surface area contributed by atoms with Crippen LogP contribution < -0.4 is 0 Å². The van der Waals surface area contributed by atoms with Crippen LogP contribution in [0.4, 0.5) is 0 Å². The van der Waals surface area contributed by atoms with Gasteiger partial charge in [-0.2, -0.15) is 0 Å². The molecule has 3 aliphatic rings. The lowest BCUT2D eigenvalue weighted by molar-refractivity contribution is -0.130. The van der Waals surface area contributed by atoms with Crippen molar-refractivity contribution in [3.05, 3.63) is 47.7 Å². The quantitative estimate of drug-likeness (QED) is 0.703. The van der Waals surface area contributed by atoms with Crippen LogP contribution in [0.1, 0.15) is 68.2 Å². The van der Waals surface area contributed by atoms with E-state index in [0.717, 1.165) is 49.8 Å². The second-order valence-electron chi connectivity index (χ2n) is 10.3. The van der Waals surface area contributed by atoms with Gasteiger partial charge in [0.2, 0.25) is 17.7 Å². The second kappa shape index (κ2) is 9.34. The van der Waals surface area contributed by atoms with E-state index in [1.807, 2.05) is 37.3 Å². The SMILES string of the molecule is Cc1nnc(C2CN(C(=O)Cc3ccccc3)CC23CCN(CC2CCCCC2)CC3)o1. The van der Waals surface area contributed by atoms with Gasteiger partial charge < -0.3 is 14.2 Å². The van der Waals surface area contributed by atoms with Crippen molar-refractivity contribution in [3.8, 4) is 0 Å². The molecule has 32 heavy (non-hydrogen) atoms. The molecule has 2 aliphatic heterocycles. The number of hydrogen-bond donors (Lipinski definition) is 0. The van der Waals surface area contributed by atoms with Gasteiger partial charge in [0.05, 0.1) is 12.3 Å². The van der Waals surface area contributed by atoms with Gasteiger partial charge in [0, 0.05) is 32.0 Å². The fourth-order valence-corrected chi connectivity index (χ4v) is 6.26. The molecule has 2 saturated heterocycles. The highest BCUT2D eigenvalue weighted by Crippen LogP contribution is 2.49. The van der Waals surface area contributed by atoms with E-state index in [1.165, 1.54) is 38.6 Å². The minimum Gasteiger partial charge on any atom is -0.425 e. The van der Waals surface area contributed by atoms with Gasteiger partial charge in [-0.15, -0.1) is 10.2 Å². The van der Waals surface area contributed by atoms with Crippen molar-refractivity contribution in [1.82, 2.24) is 20.0 Å². The summed E-state index contributed by atoms with van der Waals surface area (Å²) in [4.78, 5) is 17.9. The topological polar surface area (TPSA) is 62.5 Å². The third kappa shape index (κ3) is 4.61. The highest BCUT2D eigenvalue weighted by molar-refractivity contribution is 5.79. The molecule has 6 heteroatoms. The first-order chi connectivity index (χ1) is 15.6. The molecule has 6 nitrogen and oxygen atoms in total. The summed E-state index contributed by atoms with van der Waals surface area (Å²) in [5, 5.41) is 8.51. The fraction of sp³-hybridized carbons (Fsp3) is 0.654. The van der Waals surface area contributed by atoms with E-state index in [4.69, 9.17) is 4.42 Å². The molecule has 172 valence electrons. The average molecular weight is 437 g/mol. The minimum absolute atomic E-state index is 0.0500. The van der Waals surface area contributed by atoms with Gasteiger partial charge >= 0.3 is 0 Å². The first-order valence-corrected chi connectivity index (χ1v) is 12.5. The molecule has 1 aliphatic carbocycles. The first kappa shape index (κ1) is 21.6. The Bertz CT molecular complexity index is 898. The molecular formula is C26H36N4O2. The summed E-state index contributed by atoms with van der Waals surface area (Å²) in [5.74, 6) is 2.55. The second-order valence-corrected chi connectivity index (χ2v) is 10.3. The van der Waals surface area contributed by atoms with E-state index < -0.39 is 0 Å². The van der Waals surface area contributed by atoms with E-state index in [1.54, 1.807) is 0 Å². The zero-order valence-corrected chi connectivity index (χ0v) is 19.3. The Balaban J connectivity index is 1.28. The van der Waals surface area contributed by atoms with E-state index in [9.17, 15) is 4.79 Å². The molecular weight excluding hydrogens is 400 g/mol. The lowest BCUT2D eigenvalue weighted by Crippen LogP contribution is -2.45. The van der Waals surface area contributed by atoms with Crippen LogP contribution in [0.2, 0.25) is 0 Å². The third-order valence-corrected chi connectivity index (χ3v) is 8.13. The smallest absolute Gasteiger partial charge is 0.227 e. The Morgan fingerprint density at radius 3 is 2.53 bits per heavy atom. The van der Waals surface area contributed by atoms with E-state index in [0.29, 0.717) is 18.9 Å². The molecule has 1 aromatic heterocycles. The van der Waals surface area contributed by atoms with Crippen molar-refractivity contribution in [2.24, 2.45) is 11.3 Å². The molecule has 3 fully saturated rings. The van der Waals surface area contributed by atoms with E-state index in [-0.39, 0.29) is 17.2 Å². The van der Waals surface area contributed by atoms with Gasteiger partial charge in [0.1, 0.15) is 0 Å². The maximum atomic E-state index is 13.2. The standard InChI is InChI=1S/C26H36N4O2/c1-20-27-28-25(32-20)23-18-30(24(31)16-21-8-4-2-5-9-21)19-26(23)12-14-29(15-13-26)17-22-10-6-3-7-11-22/h2,4-5,8-9,22-23H,3,6-7,10-19H2,1H3. The van der Waals surface area contributed by atoms with Crippen molar-refractivity contribution >= 4 is 5.91 Å². The highest BCUT2D eigenvalue weighted by Gasteiger charge is 2.52. The summed E-state index contributed by atoms with van der Waals surface area (Å²) in [6.45, 7) is 6.82. The number of amides is 1. The number of carbonyl (C=O) groups excluding carboxylic acids is 1. The summed E-state index contributed by atoms with van der Waals surface area (Å²) >= 11 is 0. The molecule has 1 spiro atoms. The van der Waals surface area contributed by atoms with Crippen LogP contribution in [-0.2, 0) is 11.2 Å². The van der Waals surface area contributed by atoms with Gasteiger partial charge in [-0.3, -0.25) is 4.79 Å². The monoisotopic (exact) mass is 436 g/mol. The van der Waals surface area contributed by atoms with Gasteiger partial charge in [0.25, 0.3) is 0 Å². The number of hydrogen-bond acceptors (Lipinski definition) is 5. The van der Waals surface area contributed by atoms with Crippen LogP contribution in [0.5, 0.6) is 0 Å². The normalized spacial score (nSPS) is 24.3. The molecule has 1 saturated carbocycles. The Kier molecular flexibility index (Phi) is 6.31. The third-order valence-electron chi connectivity index (χ3n) is 8.13. The van der Waals surface area contributed by atoms with Crippen LogP contribution in [0.25, 0.3) is 0 Å². The van der Waals surface area contributed by atoms with Gasteiger partial charge in [-0.25, -0.2) is 0 Å². The number of nitrogens with zero attached hydrogens (tertiary/aromatic N) is 4. The van der Waals surface area contributed by atoms with Crippen molar-refractivity contribution in [3.63, 3.8) is 0 Å². The maximum absolute atomic E-state index is 13.2. The van der Waals surface area contributed by atoms with Gasteiger partial charge in [-0.05, 0) is 50.3 Å². The summed E-state index contributed by atoms with van der Waals surface area (Å²) in [5.41, 5.74) is 1.12. The lowest BCUT2D eigenvalue weighted by Gasteiger charge is -2.42. The van der Waals surface area contributed by atoms with Crippen molar-refractivity contribution in [2.45, 2.75) is 64.2 Å². The molecule has 1 atom stereocenters. The van der Waals surface area contributed by atoms with Crippen LogP contribution in [-0.4, -0.2) is 58.6 Å². The van der Waals surface area contributed by atoms with Crippen molar-refractivity contribution in [2.75, 3.05) is 32.7 Å². The Labute approximate surface area is 191 Å². The van der Waals surface area contributed by atoms with Crippen LogP contribution in [0, 0.1) is 18.3 Å². The Morgan fingerprint density at radius 1 is 1.09 bits per heavy atom. The zero-order chi connectivity index (χ0) is 22.0. The largest absolute Gasteiger partial charge is 0.425 e. The number of benzene rings is 1. The molecule has 0 radical (unpaired) electrons. The first-order valence-electron chi connectivity index (χ1n) is 12.5. The van der Waals surface area contributed by atoms with Crippen LogP contribution in [0.15, 0.2) is 34.7 Å². The molecule has 1 amide bonds. The molecule has 1 unspecified atom stereocenters. The highest BCUT2D eigenvalue weighted by atomic mass is 16.4. The molecule has 5 rings (SSSR count). The summed E-state index contributed by atoms with van der Waals surface area (Å²) in [7, 11) is 0. The van der Waals surface area contributed by atoms with E-state index >= 15 is 0 Å². The summed E-state index contributed by atoms with van der Waals surface area (Å²) in [6.07, 6.45) is 9.67. The number of carbonyl (C=O) groups is 1. The fourth-order valence-electron chi connectivity index (χ4n) is 6.26. The Hall–Kier alpha value is -2.21. The Morgan fingerprint density at radius 2 is 1.84 bits per heavy atom. The minimum atomic E-state index is 0.0500. The van der Waals surface area contributed by atoms with E-state index in [2.05, 4.69) is 20.0 Å². The number of likely N-dealkylation sites (tertiary alicyclic amines) is 2. The lowest BCUT2D eigenvalue weighted by atomic mass is 9.70. The molecule has 3 heterocycles.